The largest absolute Gasteiger partial charge is 0.449 e. The van der Waals surface area contributed by atoms with Gasteiger partial charge in [-0.25, -0.2) is 9.78 Å². The van der Waals surface area contributed by atoms with E-state index in [-0.39, 0.29) is 0 Å². The fraction of sp³-hybridized carbons (Fsp3) is 0.579. The van der Waals surface area contributed by atoms with E-state index in [9.17, 15) is 4.79 Å². The maximum absolute atomic E-state index is 11.7. The van der Waals surface area contributed by atoms with Crippen LogP contribution in [0, 0.1) is 5.92 Å². The number of carbonyl (C=O) groups excluding carboxylic acids is 1. The number of carbonyl (C=O) groups is 1. The molecule has 1 aromatic carbocycles. The summed E-state index contributed by atoms with van der Waals surface area (Å²) in [4.78, 5) is 18.7. The van der Waals surface area contributed by atoms with Gasteiger partial charge in [0.2, 0.25) is 0 Å². The van der Waals surface area contributed by atoms with Crippen molar-refractivity contribution >= 4 is 32.8 Å². The first-order valence-electron chi connectivity index (χ1n) is 9.19. The summed E-state index contributed by atoms with van der Waals surface area (Å²) in [5.41, 5.74) is 2.23. The number of thiazole rings is 1. The first kappa shape index (κ1) is 18.1. The number of benzene rings is 1. The second-order valence-corrected chi connectivity index (χ2v) is 7.92. The number of hydrogen-bond acceptors (Lipinski definition) is 5. The monoisotopic (exact) mass is 361 g/mol. The summed E-state index contributed by atoms with van der Waals surface area (Å²) in [6.45, 7) is 8.20. The Morgan fingerprint density at radius 3 is 2.96 bits per heavy atom. The van der Waals surface area contributed by atoms with E-state index in [0.717, 1.165) is 35.5 Å². The lowest BCUT2D eigenvalue weighted by Crippen LogP contribution is -2.32. The number of fused-ring (bicyclic) bond motifs is 1. The molecule has 25 heavy (non-hydrogen) atoms. The van der Waals surface area contributed by atoms with Crippen LogP contribution >= 0.6 is 11.3 Å². The highest BCUT2D eigenvalue weighted by Crippen LogP contribution is 2.28. The van der Waals surface area contributed by atoms with Crippen LogP contribution in [-0.4, -0.2) is 35.7 Å². The van der Waals surface area contributed by atoms with Crippen molar-refractivity contribution in [1.29, 1.82) is 0 Å². The maximum Gasteiger partial charge on any atom is 0.413 e. The molecule has 1 fully saturated rings. The minimum Gasteiger partial charge on any atom is -0.449 e. The molecule has 1 aliphatic rings. The molecule has 3 rings (SSSR count). The summed E-state index contributed by atoms with van der Waals surface area (Å²) in [5.74, 6) is 0.853. The molecule has 1 amide bonds. The number of unbranched alkanes of at least 4 members (excludes halogenated alkanes) is 1. The molecule has 0 aliphatic carbocycles. The molecule has 0 unspecified atom stereocenters. The lowest BCUT2D eigenvalue weighted by Gasteiger charge is -2.30. The molecular formula is C19H27N3O2S. The van der Waals surface area contributed by atoms with Crippen molar-refractivity contribution in [2.45, 2.75) is 46.1 Å². The second-order valence-electron chi connectivity index (χ2n) is 6.89. The normalized spacial score (nSPS) is 16.2. The molecule has 0 spiro atoms. The summed E-state index contributed by atoms with van der Waals surface area (Å²) >= 11 is 1.50. The Morgan fingerprint density at radius 2 is 2.20 bits per heavy atom. The maximum atomic E-state index is 11.7. The molecule has 0 atom stereocenters. The van der Waals surface area contributed by atoms with Crippen molar-refractivity contribution in [3.8, 4) is 0 Å². The Bertz CT molecular complexity index is 708. The van der Waals surface area contributed by atoms with Crippen LogP contribution in [-0.2, 0) is 11.3 Å². The van der Waals surface area contributed by atoms with Gasteiger partial charge in [0.05, 0.1) is 16.8 Å². The zero-order chi connectivity index (χ0) is 17.6. The first-order chi connectivity index (χ1) is 12.1. The van der Waals surface area contributed by atoms with Gasteiger partial charge in [-0.15, -0.1) is 0 Å². The summed E-state index contributed by atoms with van der Waals surface area (Å²) in [6.07, 6.45) is 4.04. The summed E-state index contributed by atoms with van der Waals surface area (Å²) in [7, 11) is 0. The Balaban J connectivity index is 1.60. The third-order valence-electron chi connectivity index (χ3n) is 4.68. The molecule has 0 radical (unpaired) electrons. The molecule has 6 heteroatoms. The van der Waals surface area contributed by atoms with Gasteiger partial charge in [-0.3, -0.25) is 10.2 Å². The van der Waals surface area contributed by atoms with Crippen molar-refractivity contribution in [3.05, 3.63) is 23.8 Å². The topological polar surface area (TPSA) is 54.5 Å². The predicted octanol–water partition coefficient (Wildman–Crippen LogP) is 4.88. The van der Waals surface area contributed by atoms with Gasteiger partial charge in [0.1, 0.15) is 0 Å². The molecule has 1 aliphatic heterocycles. The number of hydrogen-bond donors (Lipinski definition) is 1. The lowest BCUT2D eigenvalue weighted by atomic mass is 9.99. The third-order valence-corrected chi connectivity index (χ3v) is 5.61. The van der Waals surface area contributed by atoms with E-state index in [2.05, 4.69) is 41.2 Å². The second kappa shape index (κ2) is 8.63. The van der Waals surface area contributed by atoms with Crippen LogP contribution in [0.2, 0.25) is 0 Å². The minimum atomic E-state index is -0.421. The van der Waals surface area contributed by atoms with E-state index in [0.29, 0.717) is 11.7 Å². The smallest absolute Gasteiger partial charge is 0.413 e. The number of rotatable bonds is 6. The molecule has 5 nitrogen and oxygen atoms in total. The van der Waals surface area contributed by atoms with E-state index in [1.54, 1.807) is 0 Å². The molecule has 0 bridgehead atoms. The highest BCUT2D eigenvalue weighted by atomic mass is 32.1. The number of amides is 1. The van der Waals surface area contributed by atoms with Gasteiger partial charge in [0, 0.05) is 6.54 Å². The number of likely N-dealkylation sites (tertiary alicyclic amines) is 1. The van der Waals surface area contributed by atoms with Crippen LogP contribution < -0.4 is 5.32 Å². The number of ether oxygens (including phenoxy) is 1. The van der Waals surface area contributed by atoms with Gasteiger partial charge in [0.25, 0.3) is 0 Å². The van der Waals surface area contributed by atoms with Crippen molar-refractivity contribution in [3.63, 3.8) is 0 Å². The highest BCUT2D eigenvalue weighted by Gasteiger charge is 2.16. The molecule has 1 saturated heterocycles. The third kappa shape index (κ3) is 5.16. The van der Waals surface area contributed by atoms with Crippen LogP contribution in [0.25, 0.3) is 10.2 Å². The van der Waals surface area contributed by atoms with Gasteiger partial charge in [-0.05, 0) is 56.0 Å². The van der Waals surface area contributed by atoms with E-state index in [1.807, 2.05) is 6.07 Å². The Hall–Kier alpha value is -1.66. The van der Waals surface area contributed by atoms with Crippen molar-refractivity contribution in [1.82, 2.24) is 9.88 Å². The van der Waals surface area contributed by atoms with Crippen molar-refractivity contribution in [2.75, 3.05) is 25.0 Å². The molecule has 1 aromatic heterocycles. The summed E-state index contributed by atoms with van der Waals surface area (Å²) in [6, 6.07) is 6.38. The van der Waals surface area contributed by atoms with Crippen molar-refractivity contribution in [2.24, 2.45) is 5.92 Å². The van der Waals surface area contributed by atoms with Gasteiger partial charge in [0.15, 0.2) is 5.13 Å². The average molecular weight is 362 g/mol. The van der Waals surface area contributed by atoms with E-state index in [4.69, 9.17) is 4.74 Å². The quantitative estimate of drug-likeness (QED) is 0.745. The standard InChI is InChI=1S/C19H27N3O2S/c1-3-4-11-24-19(23)21-18-20-16-6-5-15(12-17(16)25-18)13-22-9-7-14(2)8-10-22/h5-6,12,14H,3-4,7-11,13H2,1-2H3,(H,20,21,23). The van der Waals surface area contributed by atoms with Crippen molar-refractivity contribution < 1.29 is 9.53 Å². The molecule has 2 heterocycles. The van der Waals surface area contributed by atoms with E-state index in [1.165, 1.54) is 42.8 Å². The zero-order valence-corrected chi connectivity index (χ0v) is 15.9. The Kier molecular flexibility index (Phi) is 6.26. The van der Waals surface area contributed by atoms with Crippen LogP contribution in [0.1, 0.15) is 45.1 Å². The fourth-order valence-corrected chi connectivity index (χ4v) is 3.95. The van der Waals surface area contributed by atoms with E-state index >= 15 is 0 Å². The summed E-state index contributed by atoms with van der Waals surface area (Å²) in [5, 5.41) is 3.33. The first-order valence-corrected chi connectivity index (χ1v) is 10.0. The number of anilines is 1. The summed E-state index contributed by atoms with van der Waals surface area (Å²) < 4.78 is 6.23. The Labute approximate surface area is 153 Å². The Morgan fingerprint density at radius 1 is 1.40 bits per heavy atom. The average Bonchev–Trinajstić information content (AvgIpc) is 2.98. The van der Waals surface area contributed by atoms with Crippen LogP contribution in [0.5, 0.6) is 0 Å². The molecule has 136 valence electrons. The number of piperidine rings is 1. The SMILES string of the molecule is CCCCOC(=O)Nc1nc2ccc(CN3CCC(C)CC3)cc2s1. The lowest BCUT2D eigenvalue weighted by molar-refractivity contribution is 0.160. The van der Waals surface area contributed by atoms with E-state index < -0.39 is 6.09 Å². The van der Waals surface area contributed by atoms with Gasteiger partial charge in [-0.1, -0.05) is 37.7 Å². The van der Waals surface area contributed by atoms with Gasteiger partial charge < -0.3 is 4.74 Å². The zero-order valence-electron chi connectivity index (χ0n) is 15.1. The van der Waals surface area contributed by atoms with Gasteiger partial charge in [-0.2, -0.15) is 0 Å². The van der Waals surface area contributed by atoms with Gasteiger partial charge >= 0.3 is 6.09 Å². The highest BCUT2D eigenvalue weighted by molar-refractivity contribution is 7.22. The van der Waals surface area contributed by atoms with Crippen LogP contribution in [0.15, 0.2) is 18.2 Å². The molecule has 0 saturated carbocycles. The van der Waals surface area contributed by atoms with Crippen LogP contribution in [0.4, 0.5) is 9.93 Å². The predicted molar refractivity (Wildman–Crippen MR) is 103 cm³/mol. The minimum absolute atomic E-state index is 0.421. The number of nitrogens with one attached hydrogen (secondary N) is 1. The fourth-order valence-electron chi connectivity index (χ4n) is 3.03. The number of aromatic nitrogens is 1. The number of nitrogens with zero attached hydrogens (tertiary/aromatic N) is 2. The molecule has 1 N–H and O–H groups in total. The molecule has 2 aromatic rings. The van der Waals surface area contributed by atoms with Crippen LogP contribution in [0.3, 0.4) is 0 Å². The molecular weight excluding hydrogens is 334 g/mol.